The summed E-state index contributed by atoms with van der Waals surface area (Å²) in [5, 5.41) is 15.1. The zero-order valence-corrected chi connectivity index (χ0v) is 69.8. The summed E-state index contributed by atoms with van der Waals surface area (Å²) >= 11 is 1.66. The van der Waals surface area contributed by atoms with E-state index in [9.17, 15) is 18.0 Å². The maximum atomic E-state index is 12.3. The molecule has 4 radical (unpaired) electrons. The van der Waals surface area contributed by atoms with Gasteiger partial charge in [-0.2, -0.15) is 25.3 Å². The average Bonchev–Trinajstić information content (AvgIpc) is 0.882. The number of hydrogen-bond donors (Lipinski definition) is 1. The molecule has 548 valence electrons. The van der Waals surface area contributed by atoms with Crippen LogP contribution < -0.4 is 0 Å². The quantitative estimate of drug-likeness (QED) is 0.0898. The molecule has 0 aliphatic carbocycles. The van der Waals surface area contributed by atoms with E-state index in [0.717, 1.165) is 79.0 Å². The summed E-state index contributed by atoms with van der Waals surface area (Å²) in [7, 11) is 0. The van der Waals surface area contributed by atoms with Crippen molar-refractivity contribution in [1.29, 1.82) is 0 Å². The second kappa shape index (κ2) is 50.0. The number of halogens is 3. The van der Waals surface area contributed by atoms with Crippen LogP contribution in [0.15, 0.2) is 358 Å². The number of nitrogens with zero attached hydrogens (tertiary/aromatic N) is 7. The first kappa shape index (κ1) is 89.7. The van der Waals surface area contributed by atoms with Gasteiger partial charge in [0, 0.05) is 151 Å². The predicted octanol–water partition coefficient (Wildman–Crippen LogP) is 22.3. The van der Waals surface area contributed by atoms with Crippen molar-refractivity contribution in [1.82, 2.24) is 34.9 Å². The molecule has 0 bridgehead atoms. The summed E-state index contributed by atoms with van der Waals surface area (Å²) in [4.78, 5) is 40.9. The zero-order valence-electron chi connectivity index (χ0n) is 57.2. The van der Waals surface area contributed by atoms with E-state index in [0.29, 0.717) is 11.3 Å². The fourth-order valence-corrected chi connectivity index (χ4v) is 10.1. The van der Waals surface area contributed by atoms with Gasteiger partial charge in [0.1, 0.15) is 0 Å². The van der Waals surface area contributed by atoms with E-state index >= 15 is 0 Å². The van der Waals surface area contributed by atoms with Crippen molar-refractivity contribution in [2.45, 2.75) is 20.0 Å². The number of fused-ring (bicyclic) bond motifs is 2. The molecule has 9 nitrogen and oxygen atoms in total. The number of pyridine rings is 7. The molecule has 8 heterocycles. The minimum absolute atomic E-state index is 0. The normalized spacial score (nSPS) is 9.86. The summed E-state index contributed by atoms with van der Waals surface area (Å²) in [5.41, 5.74) is 11.6. The number of hydrogen-bond acceptors (Lipinski definition) is 10. The van der Waals surface area contributed by atoms with Gasteiger partial charge in [0.2, 0.25) is 0 Å². The molecule has 8 aromatic carbocycles. The van der Waals surface area contributed by atoms with Gasteiger partial charge < -0.3 is 40.0 Å². The van der Waals surface area contributed by atoms with E-state index in [4.69, 9.17) is 5.11 Å². The largest absolute Gasteiger partial charge is 0.512 e. The van der Waals surface area contributed by atoms with Crippen LogP contribution in [-0.4, -0.2) is 45.8 Å². The molecule has 0 aliphatic rings. The number of carbonyl (C=O) groups is 1. The van der Waals surface area contributed by atoms with Crippen molar-refractivity contribution >= 4 is 38.7 Å². The third-order valence-corrected chi connectivity index (χ3v) is 14.9. The maximum Gasteiger partial charge on any atom is 0.381 e. The summed E-state index contributed by atoms with van der Waals surface area (Å²) in [6, 6.07) is 115. The van der Waals surface area contributed by atoms with Crippen molar-refractivity contribution < 1.29 is 125 Å². The van der Waals surface area contributed by atoms with E-state index in [1.807, 2.05) is 254 Å². The van der Waals surface area contributed by atoms with E-state index in [2.05, 4.69) is 102 Å². The second-order valence-electron chi connectivity index (χ2n) is 21.5. The van der Waals surface area contributed by atoms with Gasteiger partial charge in [-0.1, -0.05) is 114 Å². The monoisotopic (exact) mass is 2320 g/mol. The van der Waals surface area contributed by atoms with Crippen LogP contribution in [-0.2, 0) is 112 Å². The number of thiophene rings is 1. The van der Waals surface area contributed by atoms with Crippen molar-refractivity contribution in [3.05, 3.63) is 406 Å². The molecule has 107 heavy (non-hydrogen) atoms. The van der Waals surface area contributed by atoms with Crippen molar-refractivity contribution in [2.24, 2.45) is 0 Å². The topological polar surface area (TPSA) is 128 Å². The summed E-state index contributed by atoms with van der Waals surface area (Å²) < 4.78 is 36.9. The molecule has 0 amide bonds. The Bertz CT molecular complexity index is 4640. The minimum Gasteiger partial charge on any atom is -0.512 e. The Hall–Kier alpha value is -9.68. The van der Waals surface area contributed by atoms with Gasteiger partial charge in [0.05, 0.1) is 5.76 Å². The number of benzene rings is 8. The van der Waals surface area contributed by atoms with Gasteiger partial charge in [0.25, 0.3) is 0 Å². The fourth-order valence-electron chi connectivity index (χ4n) is 9.43. The van der Waals surface area contributed by atoms with Gasteiger partial charge in [-0.25, -0.2) is 11.3 Å². The zero-order chi connectivity index (χ0) is 71.2. The van der Waals surface area contributed by atoms with Crippen molar-refractivity contribution in [2.75, 3.05) is 0 Å². The molecule has 1 N–H and O–H groups in total. The molecule has 8 aromatic heterocycles. The Morgan fingerprint density at radius 3 is 0.953 bits per heavy atom. The van der Waals surface area contributed by atoms with Crippen molar-refractivity contribution in [3.63, 3.8) is 0 Å². The number of carbonyl (C=O) groups excluding carboxylic acids is 1. The van der Waals surface area contributed by atoms with Crippen LogP contribution >= 0.6 is 11.3 Å². The molecule has 0 saturated heterocycles. The van der Waals surface area contributed by atoms with E-state index < -0.39 is 11.7 Å². The summed E-state index contributed by atoms with van der Waals surface area (Å²) in [5.74, 6) is -0.0625. The first-order chi connectivity index (χ1) is 50.0. The summed E-state index contributed by atoms with van der Waals surface area (Å²) in [6.07, 6.45) is 9.28. The number of aromatic nitrogens is 7. The second-order valence-corrected chi connectivity index (χ2v) is 22.4. The summed E-state index contributed by atoms with van der Waals surface area (Å²) in [6.45, 7) is 2.85. The van der Waals surface area contributed by atoms with Crippen LogP contribution in [0.1, 0.15) is 19.4 Å². The van der Waals surface area contributed by atoms with E-state index in [-0.39, 0.29) is 113 Å². The van der Waals surface area contributed by atoms with Gasteiger partial charge in [-0.05, 0) is 123 Å². The van der Waals surface area contributed by atoms with Gasteiger partial charge in [-0.15, -0.1) is 215 Å². The standard InChI is InChI=1S/2C15H10N.C12H7F3N.3C11H8N.C9H6NS.C5H8O2.4Ir.Pt/c2*1-2-7-13(8-3-1)15-14-9-5-4-6-12(14)10-11-16-15;13-12(14,15)10-6-4-9(5-7-10)11-3-1-2-8-16-11;3*1-2-6-10(7-3-1)11-8-4-5-9-12-11;1-2-6-10-8(4-1)9-5-3-7-11-9;1-4(6)3-5(2)7;;;;;/h2*1-7,9-11H;1-4,6-8H;3*1-6,8-9H;1-4,6-7H;3,6H,1-2H3;;;;;/q7*-1;;;;;;. The Morgan fingerprint density at radius 1 is 0.355 bits per heavy atom. The molecular formula is C89H65F3Ir4N7O2PtS-7. The minimum atomic E-state index is -4.32. The molecule has 0 spiro atoms. The number of allylic oxidation sites excluding steroid dienone is 2. The van der Waals surface area contributed by atoms with Crippen LogP contribution in [0.2, 0.25) is 0 Å². The molecule has 0 atom stereocenters. The predicted molar refractivity (Wildman–Crippen MR) is 405 cm³/mol. The third-order valence-electron chi connectivity index (χ3n) is 14.1. The average molecular weight is 2320 g/mol. The van der Waals surface area contributed by atoms with Crippen LogP contribution in [0, 0.1) is 42.5 Å². The van der Waals surface area contributed by atoms with Gasteiger partial charge >= 0.3 is 6.18 Å². The molecule has 0 fully saturated rings. The Balaban J connectivity index is 0.000000259. The first-order valence-corrected chi connectivity index (χ1v) is 32.9. The molecule has 0 saturated carbocycles. The number of aliphatic hydroxyl groups excluding tert-OH is 1. The molecular weight excluding hydrogens is 2250 g/mol. The maximum absolute atomic E-state index is 12.3. The van der Waals surface area contributed by atoms with Crippen LogP contribution in [0.4, 0.5) is 13.2 Å². The first-order valence-electron chi connectivity index (χ1n) is 32.0. The fraction of sp³-hybridized carbons (Fsp3) is 0.0337. The van der Waals surface area contributed by atoms with Crippen molar-refractivity contribution in [3.8, 4) is 78.1 Å². The number of rotatable bonds is 8. The SMILES string of the molecule is CC(=O)C=C(C)O.FC(F)(F)c1c[c-]c(-c2ccccn2)cc1.[Ir].[Ir].[Ir].[Ir].[Pt].[c-]1ccccc1-c1ccccn1.[c-]1ccccc1-c1ccccn1.[c-]1ccccc1-c1ccccn1.[c-]1ccccc1-c1nccc2ccccc12.[c-]1ccccc1-c1nccc2ccccc12.[c-]1ccsc1-c1ccccn1. The third kappa shape index (κ3) is 30.6. The molecule has 16 rings (SSSR count). The van der Waals surface area contributed by atoms with E-state index in [1.54, 1.807) is 60.5 Å². The van der Waals surface area contributed by atoms with E-state index in [1.165, 1.54) is 47.5 Å². The number of alkyl halides is 3. The number of ketones is 1. The Kier molecular flexibility index (Phi) is 41.9. The number of aliphatic hydroxyl groups is 1. The van der Waals surface area contributed by atoms with Gasteiger partial charge in [-0.3, -0.25) is 4.79 Å². The Labute approximate surface area is 695 Å². The smallest absolute Gasteiger partial charge is 0.381 e. The van der Waals surface area contributed by atoms with Crippen LogP contribution in [0.3, 0.4) is 0 Å². The Morgan fingerprint density at radius 2 is 0.682 bits per heavy atom. The molecule has 0 unspecified atom stereocenters. The van der Waals surface area contributed by atoms with Gasteiger partial charge in [0.15, 0.2) is 5.78 Å². The molecule has 0 aliphatic heterocycles. The van der Waals surface area contributed by atoms with Crippen LogP contribution in [0.25, 0.3) is 99.7 Å². The molecule has 18 heteroatoms. The molecule has 16 aromatic rings. The van der Waals surface area contributed by atoms with Crippen LogP contribution in [0.5, 0.6) is 0 Å².